The van der Waals surface area contributed by atoms with Gasteiger partial charge in [0, 0.05) is 11.8 Å². The zero-order valence-electron chi connectivity index (χ0n) is 14.4. The maximum absolute atomic E-state index is 12.6. The summed E-state index contributed by atoms with van der Waals surface area (Å²) in [5.74, 6) is 0.769. The van der Waals surface area contributed by atoms with E-state index in [9.17, 15) is 9.59 Å². The fourth-order valence-corrected chi connectivity index (χ4v) is 4.27. The fraction of sp³-hybridized carbons (Fsp3) is 0.600. The Morgan fingerprint density at radius 3 is 2.32 bits per heavy atom. The number of piperidine rings is 1. The van der Waals surface area contributed by atoms with Crippen LogP contribution in [0.3, 0.4) is 0 Å². The van der Waals surface area contributed by atoms with Crippen LogP contribution in [0.1, 0.15) is 37.7 Å². The van der Waals surface area contributed by atoms with Crippen molar-refractivity contribution in [2.45, 2.75) is 50.8 Å². The van der Waals surface area contributed by atoms with Gasteiger partial charge in [0.05, 0.1) is 25.3 Å². The Bertz CT molecular complexity index is 614. The standard InChI is InChI=1S/C20H25NO4/c22-19(15-7-4-8-15)16-9-17-12-24-13-18(10-16)21(17)20(23)25-11-14-5-2-1-3-6-14/h1-3,5-6,15-18H,4,7-13H2. The van der Waals surface area contributed by atoms with Gasteiger partial charge in [-0.2, -0.15) is 0 Å². The number of carbonyl (C=O) groups excluding carboxylic acids is 2. The summed E-state index contributed by atoms with van der Waals surface area (Å²) in [6.07, 6.45) is 4.42. The van der Waals surface area contributed by atoms with Crippen molar-refractivity contribution in [2.24, 2.45) is 11.8 Å². The third-order valence-electron chi connectivity index (χ3n) is 5.85. The predicted molar refractivity (Wildman–Crippen MR) is 91.9 cm³/mol. The first-order chi connectivity index (χ1) is 12.2. The smallest absolute Gasteiger partial charge is 0.410 e. The number of Topliss-reactive ketones (excluding diaryl/α,β-unsaturated/α-hetero) is 1. The zero-order valence-corrected chi connectivity index (χ0v) is 14.4. The molecule has 2 saturated heterocycles. The monoisotopic (exact) mass is 343 g/mol. The third-order valence-corrected chi connectivity index (χ3v) is 5.85. The van der Waals surface area contributed by atoms with Crippen LogP contribution in [0.2, 0.25) is 0 Å². The summed E-state index contributed by atoms with van der Waals surface area (Å²) in [6, 6.07) is 9.62. The topological polar surface area (TPSA) is 55.8 Å². The largest absolute Gasteiger partial charge is 0.445 e. The molecule has 2 heterocycles. The summed E-state index contributed by atoms with van der Waals surface area (Å²) in [7, 11) is 0. The number of ketones is 1. The van der Waals surface area contributed by atoms with Gasteiger partial charge >= 0.3 is 6.09 Å². The molecule has 2 aliphatic heterocycles. The Morgan fingerprint density at radius 2 is 1.72 bits per heavy atom. The normalized spacial score (nSPS) is 29.0. The molecule has 1 aromatic carbocycles. The van der Waals surface area contributed by atoms with Crippen LogP contribution in [-0.2, 0) is 20.9 Å². The maximum Gasteiger partial charge on any atom is 0.410 e. The lowest BCUT2D eigenvalue weighted by molar-refractivity contribution is -0.137. The first-order valence-electron chi connectivity index (χ1n) is 9.33. The molecule has 0 aromatic heterocycles. The molecule has 2 unspecified atom stereocenters. The maximum atomic E-state index is 12.6. The molecule has 1 aromatic rings. The summed E-state index contributed by atoms with van der Waals surface area (Å²) in [6.45, 7) is 1.29. The van der Waals surface area contributed by atoms with Crippen LogP contribution < -0.4 is 0 Å². The summed E-state index contributed by atoms with van der Waals surface area (Å²) in [5.41, 5.74) is 0.979. The Morgan fingerprint density at radius 1 is 1.04 bits per heavy atom. The molecule has 1 aliphatic carbocycles. The van der Waals surface area contributed by atoms with E-state index < -0.39 is 0 Å². The Hall–Kier alpha value is -1.88. The summed E-state index contributed by atoms with van der Waals surface area (Å²) >= 11 is 0. The summed E-state index contributed by atoms with van der Waals surface area (Å²) in [5, 5.41) is 0. The van der Waals surface area contributed by atoms with Crippen molar-refractivity contribution >= 4 is 11.9 Å². The van der Waals surface area contributed by atoms with Crippen LogP contribution in [0.4, 0.5) is 4.79 Å². The first-order valence-corrected chi connectivity index (χ1v) is 9.33. The number of carbonyl (C=O) groups is 2. The lowest BCUT2D eigenvalue weighted by atomic mass is 9.73. The molecular formula is C20H25NO4. The Kier molecular flexibility index (Phi) is 4.75. The van der Waals surface area contributed by atoms with Gasteiger partial charge in [-0.25, -0.2) is 4.79 Å². The highest BCUT2D eigenvalue weighted by atomic mass is 16.6. The summed E-state index contributed by atoms with van der Waals surface area (Å²) in [4.78, 5) is 27.1. The molecule has 3 aliphatic rings. The number of nitrogens with zero attached hydrogens (tertiary/aromatic N) is 1. The highest BCUT2D eigenvalue weighted by Crippen LogP contribution is 2.38. The van der Waals surface area contributed by atoms with E-state index in [1.165, 1.54) is 6.42 Å². The van der Waals surface area contributed by atoms with Gasteiger partial charge in [0.15, 0.2) is 0 Å². The molecule has 0 N–H and O–H groups in total. The molecule has 5 nitrogen and oxygen atoms in total. The number of benzene rings is 1. The molecule has 134 valence electrons. The Balaban J connectivity index is 1.38. The summed E-state index contributed by atoms with van der Waals surface area (Å²) < 4.78 is 11.2. The predicted octanol–water partition coefficient (Wildman–Crippen LogP) is 3.17. The number of rotatable bonds is 4. The number of morpholine rings is 1. The minimum absolute atomic E-state index is 0.0372. The van der Waals surface area contributed by atoms with Crippen LogP contribution in [0.15, 0.2) is 30.3 Å². The van der Waals surface area contributed by atoms with Gasteiger partial charge in [-0.15, -0.1) is 0 Å². The van der Waals surface area contributed by atoms with Crippen molar-refractivity contribution in [3.05, 3.63) is 35.9 Å². The van der Waals surface area contributed by atoms with Gasteiger partial charge in [0.1, 0.15) is 12.4 Å². The van der Waals surface area contributed by atoms with Crippen molar-refractivity contribution in [3.8, 4) is 0 Å². The van der Waals surface area contributed by atoms with E-state index in [2.05, 4.69) is 0 Å². The number of hydrogen-bond donors (Lipinski definition) is 0. The van der Waals surface area contributed by atoms with Crippen LogP contribution in [-0.4, -0.2) is 42.1 Å². The molecular weight excluding hydrogens is 318 g/mol. The molecule has 0 radical (unpaired) electrons. The minimum Gasteiger partial charge on any atom is -0.445 e. The van der Waals surface area contributed by atoms with Gasteiger partial charge in [-0.3, -0.25) is 9.69 Å². The molecule has 25 heavy (non-hydrogen) atoms. The second-order valence-corrected chi connectivity index (χ2v) is 7.49. The van der Waals surface area contributed by atoms with Crippen molar-refractivity contribution < 1.29 is 19.1 Å². The lowest BCUT2D eigenvalue weighted by Gasteiger charge is -2.48. The Labute approximate surface area is 148 Å². The average molecular weight is 343 g/mol. The van der Waals surface area contributed by atoms with E-state index in [1.807, 2.05) is 35.2 Å². The van der Waals surface area contributed by atoms with Gasteiger partial charge in [0.2, 0.25) is 0 Å². The molecule has 5 heteroatoms. The fourth-order valence-electron chi connectivity index (χ4n) is 4.27. The van der Waals surface area contributed by atoms with E-state index in [-0.39, 0.29) is 36.6 Å². The van der Waals surface area contributed by atoms with E-state index in [1.54, 1.807) is 0 Å². The highest BCUT2D eigenvalue weighted by Gasteiger charge is 2.45. The van der Waals surface area contributed by atoms with Crippen LogP contribution >= 0.6 is 0 Å². The van der Waals surface area contributed by atoms with Crippen molar-refractivity contribution in [2.75, 3.05) is 13.2 Å². The molecule has 0 spiro atoms. The number of ether oxygens (including phenoxy) is 2. The van der Waals surface area contributed by atoms with Gasteiger partial charge in [-0.1, -0.05) is 36.8 Å². The minimum atomic E-state index is -0.281. The lowest BCUT2D eigenvalue weighted by Crippen LogP contribution is -2.60. The third kappa shape index (κ3) is 3.43. The van der Waals surface area contributed by atoms with Crippen LogP contribution in [0.25, 0.3) is 0 Å². The molecule has 3 fully saturated rings. The second kappa shape index (κ2) is 7.16. The molecule has 4 rings (SSSR count). The second-order valence-electron chi connectivity index (χ2n) is 7.49. The number of amides is 1. The van der Waals surface area contributed by atoms with Crippen molar-refractivity contribution in [3.63, 3.8) is 0 Å². The molecule has 1 amide bonds. The quantitative estimate of drug-likeness (QED) is 0.843. The van der Waals surface area contributed by atoms with Crippen molar-refractivity contribution in [1.82, 2.24) is 4.90 Å². The van der Waals surface area contributed by atoms with Gasteiger partial charge in [-0.05, 0) is 31.2 Å². The molecule has 2 atom stereocenters. The van der Waals surface area contributed by atoms with Gasteiger partial charge < -0.3 is 9.47 Å². The van der Waals surface area contributed by atoms with E-state index >= 15 is 0 Å². The molecule has 1 saturated carbocycles. The van der Waals surface area contributed by atoms with E-state index in [0.717, 1.165) is 18.4 Å². The van der Waals surface area contributed by atoms with E-state index in [0.29, 0.717) is 31.8 Å². The number of hydrogen-bond acceptors (Lipinski definition) is 4. The SMILES string of the molecule is O=C(C1CCC1)C1CC2COCC(C1)N2C(=O)OCc1ccccc1. The number of fused-ring (bicyclic) bond motifs is 2. The zero-order chi connectivity index (χ0) is 17.2. The van der Waals surface area contributed by atoms with E-state index in [4.69, 9.17) is 9.47 Å². The van der Waals surface area contributed by atoms with Gasteiger partial charge in [0.25, 0.3) is 0 Å². The van der Waals surface area contributed by atoms with Crippen LogP contribution in [0, 0.1) is 11.8 Å². The first kappa shape index (κ1) is 16.6. The highest BCUT2D eigenvalue weighted by molar-refractivity contribution is 5.84. The average Bonchev–Trinajstić information content (AvgIpc) is 2.58. The molecule has 2 bridgehead atoms. The van der Waals surface area contributed by atoms with Crippen LogP contribution in [0.5, 0.6) is 0 Å². The van der Waals surface area contributed by atoms with Crippen molar-refractivity contribution in [1.29, 1.82) is 0 Å².